The van der Waals surface area contributed by atoms with Crippen LogP contribution in [0.25, 0.3) is 0 Å². The molecule has 69 valence electrons. The number of amides is 2. The van der Waals surface area contributed by atoms with Gasteiger partial charge in [0.15, 0.2) is 0 Å². The zero-order chi connectivity index (χ0) is 9.78. The average molecular weight is 171 g/mol. The molecule has 0 aliphatic rings. The van der Waals surface area contributed by atoms with Crippen LogP contribution in [0, 0.1) is 12.5 Å². The van der Waals surface area contributed by atoms with E-state index in [0.29, 0.717) is 0 Å². The Balaban J connectivity index is 3.81. The predicted molar refractivity (Wildman–Crippen MR) is 46.0 cm³/mol. The summed E-state index contributed by atoms with van der Waals surface area (Å²) in [5.74, 6) is -0.446. The van der Waals surface area contributed by atoms with Crippen LogP contribution in [0.15, 0.2) is 0 Å². The van der Waals surface area contributed by atoms with Crippen LogP contribution in [0.5, 0.6) is 0 Å². The molecule has 0 aromatic heterocycles. The Kier molecular flexibility index (Phi) is 3.73. The first-order valence-corrected chi connectivity index (χ1v) is 3.72. The topological polar surface area (TPSA) is 58.2 Å². The molecule has 0 spiro atoms. The Labute approximate surface area is 72.7 Å². The summed E-state index contributed by atoms with van der Waals surface area (Å²) in [5, 5.41) is 4.65. The summed E-state index contributed by atoms with van der Waals surface area (Å²) in [7, 11) is 3.17. The van der Waals surface area contributed by atoms with Gasteiger partial charge in [0.25, 0.3) is 0 Å². The first-order chi connectivity index (χ1) is 5.38. The van der Waals surface area contributed by atoms with Crippen LogP contribution in [0.4, 0.5) is 0 Å². The Hall–Kier alpha value is -1.06. The van der Waals surface area contributed by atoms with Gasteiger partial charge < -0.3 is 10.6 Å². The Morgan fingerprint density at radius 3 is 2.17 bits per heavy atom. The fraction of sp³-hybridized carbons (Fsp3) is 0.625. The van der Waals surface area contributed by atoms with Gasteiger partial charge in [0.1, 0.15) is 0 Å². The highest BCUT2D eigenvalue weighted by Gasteiger charge is 2.20. The third kappa shape index (κ3) is 3.95. The van der Waals surface area contributed by atoms with Crippen molar-refractivity contribution in [2.45, 2.75) is 20.8 Å². The minimum atomic E-state index is -0.457. The van der Waals surface area contributed by atoms with Gasteiger partial charge in [-0.3, -0.25) is 9.59 Å². The van der Waals surface area contributed by atoms with E-state index in [9.17, 15) is 9.59 Å². The normalized spacial score (nSPS) is 10.7. The van der Waals surface area contributed by atoms with Crippen molar-refractivity contribution in [2.24, 2.45) is 5.41 Å². The number of carbonyl (C=O) groups is 2. The van der Waals surface area contributed by atoms with Crippen LogP contribution in [-0.2, 0) is 9.59 Å². The molecule has 12 heavy (non-hydrogen) atoms. The van der Waals surface area contributed by atoms with E-state index in [2.05, 4.69) is 17.7 Å². The van der Waals surface area contributed by atoms with Gasteiger partial charge in [-0.15, -0.1) is 0 Å². The van der Waals surface area contributed by atoms with Gasteiger partial charge in [0, 0.05) is 12.5 Å². The lowest BCUT2D eigenvalue weighted by atomic mass is 9.96. The molecule has 0 bridgehead atoms. The maximum absolute atomic E-state index is 11.2. The van der Waals surface area contributed by atoms with E-state index in [4.69, 9.17) is 0 Å². The molecular weight excluding hydrogens is 156 g/mol. The van der Waals surface area contributed by atoms with Crippen LogP contribution < -0.4 is 10.6 Å². The molecule has 4 heteroatoms. The largest absolute Gasteiger partial charge is 0.353 e. The lowest BCUT2D eigenvalue weighted by Gasteiger charge is -2.16. The first-order valence-electron chi connectivity index (χ1n) is 3.72. The fourth-order valence-corrected chi connectivity index (χ4v) is 0.488. The monoisotopic (exact) mass is 171 g/mol. The van der Waals surface area contributed by atoms with Gasteiger partial charge in [-0.2, -0.15) is 0 Å². The van der Waals surface area contributed by atoms with Gasteiger partial charge in [-0.1, -0.05) is 20.8 Å². The predicted octanol–water partition coefficient (Wildman–Crippen LogP) is 0.0565. The van der Waals surface area contributed by atoms with Crippen molar-refractivity contribution in [1.29, 1.82) is 0 Å². The van der Waals surface area contributed by atoms with Crippen LogP contribution in [0.2, 0.25) is 0 Å². The molecule has 0 heterocycles. The van der Waals surface area contributed by atoms with Gasteiger partial charge >= 0.3 is 0 Å². The highest BCUT2D eigenvalue weighted by atomic mass is 16.2. The highest BCUT2D eigenvalue weighted by molar-refractivity contribution is 5.87. The van der Waals surface area contributed by atoms with Gasteiger partial charge in [-0.05, 0) is 0 Å². The molecule has 4 nitrogen and oxygen atoms in total. The van der Waals surface area contributed by atoms with Crippen LogP contribution in [0.3, 0.4) is 0 Å². The maximum atomic E-state index is 11.2. The van der Waals surface area contributed by atoms with E-state index in [0.717, 1.165) is 0 Å². The summed E-state index contributed by atoms with van der Waals surface area (Å²) in [6.45, 7) is 5.33. The van der Waals surface area contributed by atoms with Crippen molar-refractivity contribution in [3.05, 3.63) is 7.05 Å². The van der Waals surface area contributed by atoms with Crippen LogP contribution in [0.1, 0.15) is 20.8 Å². The van der Waals surface area contributed by atoms with E-state index in [1.54, 1.807) is 20.8 Å². The van der Waals surface area contributed by atoms with Crippen molar-refractivity contribution in [1.82, 2.24) is 10.6 Å². The molecular formula is C8H15N2O2. The molecule has 2 N–H and O–H groups in total. The fourth-order valence-electron chi connectivity index (χ4n) is 0.488. The summed E-state index contributed by atoms with van der Waals surface area (Å²) >= 11 is 0. The molecule has 0 aromatic carbocycles. The lowest BCUT2D eigenvalue weighted by molar-refractivity contribution is -0.131. The van der Waals surface area contributed by atoms with Crippen molar-refractivity contribution in [3.63, 3.8) is 0 Å². The molecule has 0 aromatic rings. The maximum Gasteiger partial charge on any atom is 0.239 e. The van der Waals surface area contributed by atoms with Gasteiger partial charge in [0.05, 0.1) is 6.54 Å². The van der Waals surface area contributed by atoms with Gasteiger partial charge in [-0.25, -0.2) is 0 Å². The minimum absolute atomic E-state index is 0.0143. The summed E-state index contributed by atoms with van der Waals surface area (Å²) in [6.07, 6.45) is 0. The van der Waals surface area contributed by atoms with E-state index >= 15 is 0 Å². The van der Waals surface area contributed by atoms with Crippen molar-refractivity contribution in [2.75, 3.05) is 6.54 Å². The molecule has 0 rings (SSSR count). The van der Waals surface area contributed by atoms with E-state index in [1.165, 1.54) is 0 Å². The third-order valence-electron chi connectivity index (χ3n) is 1.29. The molecule has 2 amide bonds. The van der Waals surface area contributed by atoms with Crippen molar-refractivity contribution >= 4 is 11.8 Å². The SMILES string of the molecule is [CH2]NC(=O)CNC(=O)C(C)(C)C. The van der Waals surface area contributed by atoms with Crippen LogP contribution in [-0.4, -0.2) is 18.4 Å². The average Bonchev–Trinajstić information content (AvgIpc) is 1.97. The Morgan fingerprint density at radius 2 is 1.83 bits per heavy atom. The van der Waals surface area contributed by atoms with Crippen molar-refractivity contribution in [3.8, 4) is 0 Å². The summed E-state index contributed by atoms with van der Waals surface area (Å²) in [5.41, 5.74) is -0.457. The molecule has 0 saturated heterocycles. The second-order valence-corrected chi connectivity index (χ2v) is 3.53. The second-order valence-electron chi connectivity index (χ2n) is 3.53. The smallest absolute Gasteiger partial charge is 0.239 e. The number of carbonyl (C=O) groups excluding carboxylic acids is 2. The molecule has 1 radical (unpaired) electrons. The summed E-state index contributed by atoms with van der Waals surface area (Å²) in [6, 6.07) is 0. The Morgan fingerprint density at radius 1 is 1.33 bits per heavy atom. The number of rotatable bonds is 2. The molecule has 0 aliphatic heterocycles. The number of hydrogen-bond acceptors (Lipinski definition) is 2. The Bertz CT molecular complexity index is 182. The van der Waals surface area contributed by atoms with E-state index < -0.39 is 5.41 Å². The minimum Gasteiger partial charge on any atom is -0.353 e. The van der Waals surface area contributed by atoms with Crippen molar-refractivity contribution < 1.29 is 9.59 Å². The number of nitrogens with one attached hydrogen (secondary N) is 2. The second kappa shape index (κ2) is 4.09. The molecule has 0 atom stereocenters. The molecule has 0 unspecified atom stereocenters. The summed E-state index contributed by atoms with van der Waals surface area (Å²) < 4.78 is 0. The quantitative estimate of drug-likeness (QED) is 0.617. The van der Waals surface area contributed by atoms with E-state index in [1.807, 2.05) is 0 Å². The molecule has 0 fully saturated rings. The first kappa shape index (κ1) is 10.9. The zero-order valence-corrected chi connectivity index (χ0v) is 7.73. The molecule has 0 saturated carbocycles. The molecule has 0 aliphatic carbocycles. The van der Waals surface area contributed by atoms with E-state index in [-0.39, 0.29) is 18.4 Å². The number of hydrogen-bond donors (Lipinski definition) is 2. The standard InChI is InChI=1S/C8H15N2O2/c1-8(2,3)7(12)10-5-6(11)9-4/h4-5H2,1-3H3,(H,9,11)(H,10,12). The third-order valence-corrected chi connectivity index (χ3v) is 1.29. The summed E-state index contributed by atoms with van der Waals surface area (Å²) in [4.78, 5) is 21.8. The lowest BCUT2D eigenvalue weighted by Crippen LogP contribution is -2.40. The van der Waals surface area contributed by atoms with Crippen LogP contribution >= 0.6 is 0 Å². The zero-order valence-electron chi connectivity index (χ0n) is 7.73. The highest BCUT2D eigenvalue weighted by Crippen LogP contribution is 2.11. The van der Waals surface area contributed by atoms with Gasteiger partial charge in [0.2, 0.25) is 11.8 Å².